The first kappa shape index (κ1) is 16.8. The zero-order chi connectivity index (χ0) is 16.9. The molecule has 2 aliphatic heterocycles. The van der Waals surface area contributed by atoms with Crippen molar-refractivity contribution in [3.8, 4) is 0 Å². The number of likely N-dealkylation sites (tertiary alicyclic amines) is 1. The lowest BCUT2D eigenvalue weighted by atomic mass is 9.97. The van der Waals surface area contributed by atoms with Gasteiger partial charge in [0.15, 0.2) is 0 Å². The molecule has 2 atom stereocenters. The average Bonchev–Trinajstić information content (AvgIpc) is 3.10. The Kier molecular flexibility index (Phi) is 5.36. The smallest absolute Gasteiger partial charge is 0.244 e. The van der Waals surface area contributed by atoms with Crippen LogP contribution in [-0.2, 0) is 20.9 Å². The average molecular weight is 338 g/mol. The first-order valence-corrected chi connectivity index (χ1v) is 8.18. The Morgan fingerprint density at radius 2 is 2.08 bits per heavy atom. The maximum absolute atomic E-state index is 12.3. The fourth-order valence-corrected chi connectivity index (χ4v) is 3.06. The minimum Gasteiger partial charge on any atom is -0.391 e. The molecule has 0 saturated carbocycles. The molecular weight excluding hydrogens is 316 g/mol. The molecule has 10 nitrogen and oxygen atoms in total. The molecule has 0 spiro atoms. The first-order valence-electron chi connectivity index (χ1n) is 8.18. The summed E-state index contributed by atoms with van der Waals surface area (Å²) in [5.41, 5.74) is 0. The van der Waals surface area contributed by atoms with Gasteiger partial charge in [0.25, 0.3) is 0 Å². The van der Waals surface area contributed by atoms with Crippen molar-refractivity contribution in [2.45, 2.75) is 38.0 Å². The van der Waals surface area contributed by atoms with E-state index in [0.29, 0.717) is 39.0 Å². The minimum absolute atomic E-state index is 0.0454. The van der Waals surface area contributed by atoms with Crippen molar-refractivity contribution < 1.29 is 19.4 Å². The Morgan fingerprint density at radius 1 is 1.29 bits per heavy atom. The van der Waals surface area contributed by atoms with Gasteiger partial charge in [0.2, 0.25) is 11.8 Å². The van der Waals surface area contributed by atoms with Gasteiger partial charge in [0, 0.05) is 32.2 Å². The highest BCUT2D eigenvalue weighted by atomic mass is 16.5. The maximum Gasteiger partial charge on any atom is 0.244 e. The summed E-state index contributed by atoms with van der Waals surface area (Å²) in [6.45, 7) is 1.95. The van der Waals surface area contributed by atoms with Crippen molar-refractivity contribution in [3.63, 3.8) is 0 Å². The number of hydrogen-bond acceptors (Lipinski definition) is 7. The molecule has 24 heavy (non-hydrogen) atoms. The third-order valence-electron chi connectivity index (χ3n) is 4.54. The normalized spacial score (nSPS) is 25.5. The van der Waals surface area contributed by atoms with Crippen LogP contribution in [0.5, 0.6) is 0 Å². The van der Waals surface area contributed by atoms with E-state index in [0.717, 1.165) is 0 Å². The molecule has 10 heteroatoms. The summed E-state index contributed by atoms with van der Waals surface area (Å²) in [6, 6.07) is -0.452. The van der Waals surface area contributed by atoms with Crippen molar-refractivity contribution in [1.29, 1.82) is 0 Å². The highest BCUT2D eigenvalue weighted by Crippen LogP contribution is 2.17. The standard InChI is InChI=1S/C14H22N6O4/c21-12-1-4-19(13(22)8-20-9-15-17-18-20)7-11(12)16-14(23)10-2-5-24-6-3-10/h9-12,21H,1-8H2,(H,16,23)/t11-,12-/m1/s1. The Hall–Kier alpha value is -2.07. The number of aliphatic hydroxyl groups is 1. The van der Waals surface area contributed by atoms with E-state index in [2.05, 4.69) is 20.8 Å². The van der Waals surface area contributed by atoms with Gasteiger partial charge in [-0.2, -0.15) is 0 Å². The van der Waals surface area contributed by atoms with E-state index in [1.807, 2.05) is 0 Å². The number of rotatable bonds is 4. The van der Waals surface area contributed by atoms with Crippen LogP contribution in [0.15, 0.2) is 6.33 Å². The number of piperidine rings is 1. The summed E-state index contributed by atoms with van der Waals surface area (Å²) in [5.74, 6) is -0.296. The van der Waals surface area contributed by atoms with Crippen molar-refractivity contribution >= 4 is 11.8 Å². The summed E-state index contributed by atoms with van der Waals surface area (Å²) in [5, 5.41) is 23.7. The highest BCUT2D eigenvalue weighted by Gasteiger charge is 2.33. The van der Waals surface area contributed by atoms with Gasteiger partial charge in [-0.15, -0.1) is 5.10 Å². The van der Waals surface area contributed by atoms with Crippen LogP contribution < -0.4 is 5.32 Å². The molecule has 0 aromatic carbocycles. The van der Waals surface area contributed by atoms with E-state index in [1.165, 1.54) is 11.0 Å². The van der Waals surface area contributed by atoms with Crippen LogP contribution in [0.2, 0.25) is 0 Å². The lowest BCUT2D eigenvalue weighted by Gasteiger charge is -2.37. The van der Waals surface area contributed by atoms with Crippen LogP contribution in [0.1, 0.15) is 19.3 Å². The minimum atomic E-state index is -0.647. The van der Waals surface area contributed by atoms with E-state index >= 15 is 0 Å². The van der Waals surface area contributed by atoms with E-state index in [1.54, 1.807) is 4.90 Å². The molecule has 132 valence electrons. The van der Waals surface area contributed by atoms with Crippen molar-refractivity contribution in [1.82, 2.24) is 30.4 Å². The van der Waals surface area contributed by atoms with Crippen LogP contribution in [0.3, 0.4) is 0 Å². The molecular formula is C14H22N6O4. The number of aromatic nitrogens is 4. The van der Waals surface area contributed by atoms with Crippen LogP contribution in [0.25, 0.3) is 0 Å². The number of carbonyl (C=O) groups is 2. The summed E-state index contributed by atoms with van der Waals surface area (Å²) in [4.78, 5) is 26.3. The maximum atomic E-state index is 12.3. The largest absolute Gasteiger partial charge is 0.391 e. The second-order valence-electron chi connectivity index (χ2n) is 6.20. The number of hydrogen-bond donors (Lipinski definition) is 2. The SMILES string of the molecule is O=C(N[C@@H]1CN(C(=O)Cn2cnnn2)CC[C@H]1O)C1CCOCC1. The number of aliphatic hydroxyl groups excluding tert-OH is 1. The van der Waals surface area contributed by atoms with E-state index < -0.39 is 12.1 Å². The molecule has 2 aliphatic rings. The summed E-state index contributed by atoms with van der Waals surface area (Å²) < 4.78 is 6.61. The van der Waals surface area contributed by atoms with E-state index in [9.17, 15) is 14.7 Å². The van der Waals surface area contributed by atoms with Gasteiger partial charge >= 0.3 is 0 Å². The molecule has 1 aromatic heterocycles. The predicted octanol–water partition coefficient (Wildman–Crippen LogP) is -1.82. The summed E-state index contributed by atoms with van der Waals surface area (Å²) >= 11 is 0. The van der Waals surface area contributed by atoms with Gasteiger partial charge in [0.05, 0.1) is 12.1 Å². The van der Waals surface area contributed by atoms with Crippen molar-refractivity contribution in [3.05, 3.63) is 6.33 Å². The van der Waals surface area contributed by atoms with Crippen LogP contribution >= 0.6 is 0 Å². The molecule has 2 amide bonds. The van der Waals surface area contributed by atoms with Gasteiger partial charge in [0.1, 0.15) is 12.9 Å². The molecule has 0 aliphatic carbocycles. The molecule has 2 saturated heterocycles. The molecule has 0 bridgehead atoms. The Labute approximate surface area is 139 Å². The zero-order valence-electron chi connectivity index (χ0n) is 13.4. The van der Waals surface area contributed by atoms with Gasteiger partial charge < -0.3 is 20.1 Å². The van der Waals surface area contributed by atoms with E-state index in [-0.39, 0.29) is 30.8 Å². The number of carbonyl (C=O) groups excluding carboxylic acids is 2. The zero-order valence-corrected chi connectivity index (χ0v) is 13.4. The quantitative estimate of drug-likeness (QED) is 0.662. The predicted molar refractivity (Wildman–Crippen MR) is 80.5 cm³/mol. The second-order valence-corrected chi connectivity index (χ2v) is 6.20. The highest BCUT2D eigenvalue weighted by molar-refractivity contribution is 5.79. The third kappa shape index (κ3) is 4.06. The van der Waals surface area contributed by atoms with Crippen LogP contribution in [-0.4, -0.2) is 80.5 Å². The molecule has 0 radical (unpaired) electrons. The number of amides is 2. The van der Waals surface area contributed by atoms with Crippen molar-refractivity contribution in [2.24, 2.45) is 5.92 Å². The molecule has 3 rings (SSSR count). The fraction of sp³-hybridized carbons (Fsp3) is 0.786. The molecule has 0 unspecified atom stereocenters. The number of tetrazole rings is 1. The van der Waals surface area contributed by atoms with Crippen molar-refractivity contribution in [2.75, 3.05) is 26.3 Å². The molecule has 3 heterocycles. The second kappa shape index (κ2) is 7.67. The van der Waals surface area contributed by atoms with Gasteiger partial charge in [-0.1, -0.05) is 0 Å². The lowest BCUT2D eigenvalue weighted by Crippen LogP contribution is -2.57. The summed E-state index contributed by atoms with van der Waals surface area (Å²) in [7, 11) is 0. The van der Waals surface area contributed by atoms with Gasteiger partial charge in [-0.05, 0) is 29.7 Å². The van der Waals surface area contributed by atoms with Crippen LogP contribution in [0, 0.1) is 5.92 Å². The fourth-order valence-electron chi connectivity index (χ4n) is 3.06. The van der Waals surface area contributed by atoms with Gasteiger partial charge in [-0.3, -0.25) is 9.59 Å². The third-order valence-corrected chi connectivity index (χ3v) is 4.54. The van der Waals surface area contributed by atoms with Gasteiger partial charge in [-0.25, -0.2) is 4.68 Å². The molecule has 2 N–H and O–H groups in total. The van der Waals surface area contributed by atoms with E-state index in [4.69, 9.17) is 4.74 Å². The Morgan fingerprint density at radius 3 is 2.79 bits per heavy atom. The number of nitrogens with zero attached hydrogens (tertiary/aromatic N) is 5. The Balaban J connectivity index is 1.54. The summed E-state index contributed by atoms with van der Waals surface area (Å²) in [6.07, 6.45) is 2.54. The number of nitrogens with one attached hydrogen (secondary N) is 1. The van der Waals surface area contributed by atoms with Crippen LogP contribution in [0.4, 0.5) is 0 Å². The monoisotopic (exact) mass is 338 g/mol. The first-order chi connectivity index (χ1) is 11.6. The molecule has 2 fully saturated rings. The Bertz CT molecular complexity index is 560. The number of ether oxygens (including phenoxy) is 1. The topological polar surface area (TPSA) is 122 Å². The lowest BCUT2D eigenvalue weighted by molar-refractivity contribution is -0.137. The molecule has 1 aromatic rings.